The first-order valence-corrected chi connectivity index (χ1v) is 8.99. The van der Waals surface area contributed by atoms with Gasteiger partial charge in [-0.1, -0.05) is 33.3 Å². The SMILES string of the molecule is CCC(C)CN(CC)S(=O)(=O)c1ccc(C)c(CCl)c1. The number of aryl methyl sites for hydroxylation is 1. The Bertz CT molecular complexity index is 543. The molecule has 3 nitrogen and oxygen atoms in total. The molecule has 0 saturated heterocycles. The fourth-order valence-corrected chi connectivity index (χ4v) is 3.88. The number of halogens is 1. The first-order chi connectivity index (χ1) is 9.36. The van der Waals surface area contributed by atoms with E-state index in [1.807, 2.05) is 19.9 Å². The highest BCUT2D eigenvalue weighted by Crippen LogP contribution is 2.22. The molecule has 1 atom stereocenters. The van der Waals surface area contributed by atoms with Gasteiger partial charge in [0.05, 0.1) is 4.90 Å². The van der Waals surface area contributed by atoms with Crippen molar-refractivity contribution in [2.45, 2.75) is 44.9 Å². The predicted octanol–water partition coefficient (Wildman–Crippen LogP) is 3.79. The first kappa shape index (κ1) is 17.5. The Kier molecular flexibility index (Phi) is 6.49. The molecule has 0 aliphatic heterocycles. The average Bonchev–Trinajstić information content (AvgIpc) is 2.44. The number of sulfonamides is 1. The Labute approximate surface area is 128 Å². The highest BCUT2D eigenvalue weighted by atomic mass is 35.5. The van der Waals surface area contributed by atoms with E-state index in [0.717, 1.165) is 17.5 Å². The maximum Gasteiger partial charge on any atom is 0.243 e. The Morgan fingerprint density at radius 2 is 1.95 bits per heavy atom. The summed E-state index contributed by atoms with van der Waals surface area (Å²) < 4.78 is 26.9. The third-order valence-corrected chi connectivity index (χ3v) is 5.89. The highest BCUT2D eigenvalue weighted by molar-refractivity contribution is 7.89. The fraction of sp³-hybridized carbons (Fsp3) is 0.600. The van der Waals surface area contributed by atoms with Gasteiger partial charge in [0.2, 0.25) is 10.0 Å². The van der Waals surface area contributed by atoms with Crippen LogP contribution >= 0.6 is 11.6 Å². The maximum atomic E-state index is 12.7. The van der Waals surface area contributed by atoms with Crippen LogP contribution in [0.4, 0.5) is 0 Å². The van der Waals surface area contributed by atoms with Crippen LogP contribution in [0.2, 0.25) is 0 Å². The number of hydrogen-bond donors (Lipinski definition) is 0. The molecule has 1 rings (SSSR count). The minimum absolute atomic E-state index is 0.326. The lowest BCUT2D eigenvalue weighted by Crippen LogP contribution is -2.34. The summed E-state index contributed by atoms with van der Waals surface area (Å²) in [5.74, 6) is 0.676. The van der Waals surface area contributed by atoms with E-state index < -0.39 is 10.0 Å². The van der Waals surface area contributed by atoms with Crippen molar-refractivity contribution >= 4 is 21.6 Å². The molecule has 0 bridgehead atoms. The van der Waals surface area contributed by atoms with Gasteiger partial charge in [0.1, 0.15) is 0 Å². The van der Waals surface area contributed by atoms with Gasteiger partial charge in [-0.3, -0.25) is 0 Å². The molecular formula is C15H24ClNO2S. The van der Waals surface area contributed by atoms with Crippen LogP contribution in [0.15, 0.2) is 23.1 Å². The summed E-state index contributed by atoms with van der Waals surface area (Å²) >= 11 is 5.87. The molecule has 0 aliphatic carbocycles. The van der Waals surface area contributed by atoms with Crippen molar-refractivity contribution in [1.82, 2.24) is 4.31 Å². The van der Waals surface area contributed by atoms with Crippen molar-refractivity contribution in [3.05, 3.63) is 29.3 Å². The molecular weight excluding hydrogens is 294 g/mol. The summed E-state index contributed by atoms with van der Waals surface area (Å²) in [6, 6.07) is 5.18. The Morgan fingerprint density at radius 3 is 2.45 bits per heavy atom. The van der Waals surface area contributed by atoms with Crippen LogP contribution < -0.4 is 0 Å². The summed E-state index contributed by atoms with van der Waals surface area (Å²) in [5, 5.41) is 0. The van der Waals surface area contributed by atoms with Crippen molar-refractivity contribution < 1.29 is 8.42 Å². The molecule has 1 unspecified atom stereocenters. The third kappa shape index (κ3) is 3.96. The molecule has 0 fully saturated rings. The molecule has 0 radical (unpaired) electrons. The van der Waals surface area contributed by atoms with E-state index in [2.05, 4.69) is 13.8 Å². The number of nitrogens with zero attached hydrogens (tertiary/aromatic N) is 1. The third-order valence-electron chi connectivity index (χ3n) is 3.67. The van der Waals surface area contributed by atoms with Gasteiger partial charge >= 0.3 is 0 Å². The van der Waals surface area contributed by atoms with Gasteiger partial charge < -0.3 is 0 Å². The van der Waals surface area contributed by atoms with Crippen molar-refractivity contribution in [2.24, 2.45) is 5.92 Å². The normalized spacial score (nSPS) is 13.7. The quantitative estimate of drug-likeness (QED) is 0.717. The van der Waals surface area contributed by atoms with Crippen molar-refractivity contribution in [2.75, 3.05) is 13.1 Å². The number of hydrogen-bond acceptors (Lipinski definition) is 2. The fourth-order valence-electron chi connectivity index (χ4n) is 1.98. The molecule has 0 spiro atoms. The van der Waals surface area contributed by atoms with Gasteiger partial charge in [0, 0.05) is 19.0 Å². The minimum atomic E-state index is -3.43. The summed E-state index contributed by atoms with van der Waals surface area (Å²) in [4.78, 5) is 0.337. The zero-order valence-electron chi connectivity index (χ0n) is 12.7. The molecule has 0 N–H and O–H groups in total. The molecule has 1 aromatic rings. The van der Waals surface area contributed by atoms with Gasteiger partial charge in [0.15, 0.2) is 0 Å². The van der Waals surface area contributed by atoms with Gasteiger partial charge in [-0.05, 0) is 36.1 Å². The van der Waals surface area contributed by atoms with Crippen molar-refractivity contribution in [3.8, 4) is 0 Å². The lowest BCUT2D eigenvalue weighted by atomic mass is 10.1. The molecule has 1 aromatic carbocycles. The summed E-state index contributed by atoms with van der Waals surface area (Å²) in [6.07, 6.45) is 0.965. The molecule has 0 amide bonds. The van der Waals surface area contributed by atoms with Gasteiger partial charge in [-0.2, -0.15) is 4.31 Å². The lowest BCUT2D eigenvalue weighted by molar-refractivity contribution is 0.361. The van der Waals surface area contributed by atoms with Crippen molar-refractivity contribution in [3.63, 3.8) is 0 Å². The van der Waals surface area contributed by atoms with Crippen LogP contribution in [0.5, 0.6) is 0 Å². The van der Waals surface area contributed by atoms with Crippen LogP contribution in [0.1, 0.15) is 38.3 Å². The Hall–Kier alpha value is -0.580. The molecule has 0 aromatic heterocycles. The molecule has 114 valence electrons. The van der Waals surface area contributed by atoms with Crippen molar-refractivity contribution in [1.29, 1.82) is 0 Å². The number of benzene rings is 1. The molecule has 0 heterocycles. The Balaban J connectivity index is 3.13. The second-order valence-corrected chi connectivity index (χ2v) is 7.40. The second-order valence-electron chi connectivity index (χ2n) is 5.19. The summed E-state index contributed by atoms with van der Waals surface area (Å²) in [5.41, 5.74) is 1.89. The molecule has 20 heavy (non-hydrogen) atoms. The van der Waals surface area contributed by atoms with E-state index in [-0.39, 0.29) is 0 Å². The van der Waals surface area contributed by atoms with Crippen LogP contribution in [-0.2, 0) is 15.9 Å². The molecule has 0 aliphatic rings. The summed E-state index contributed by atoms with van der Waals surface area (Å²) in [7, 11) is -3.43. The van der Waals surface area contributed by atoms with Crippen LogP contribution in [0.25, 0.3) is 0 Å². The Morgan fingerprint density at radius 1 is 1.30 bits per heavy atom. The van der Waals surface area contributed by atoms with Gasteiger partial charge in [0.25, 0.3) is 0 Å². The molecule has 0 saturated carbocycles. The molecule has 5 heteroatoms. The van der Waals surface area contributed by atoms with E-state index in [0.29, 0.717) is 29.8 Å². The largest absolute Gasteiger partial charge is 0.243 e. The zero-order valence-corrected chi connectivity index (χ0v) is 14.3. The topological polar surface area (TPSA) is 37.4 Å². The highest BCUT2D eigenvalue weighted by Gasteiger charge is 2.24. The number of alkyl halides is 1. The standard InChI is InChI=1S/C15H24ClNO2S/c1-5-12(3)11-17(6-2)20(18,19)15-8-7-13(4)14(9-15)10-16/h7-9,12H,5-6,10-11H2,1-4H3. The monoisotopic (exact) mass is 317 g/mol. The van der Waals surface area contributed by atoms with E-state index >= 15 is 0 Å². The van der Waals surface area contributed by atoms with Crippen LogP contribution in [0, 0.1) is 12.8 Å². The van der Waals surface area contributed by atoms with Crippen LogP contribution in [-0.4, -0.2) is 25.8 Å². The predicted molar refractivity (Wildman–Crippen MR) is 84.6 cm³/mol. The zero-order chi connectivity index (χ0) is 15.3. The van der Waals surface area contributed by atoms with Crippen LogP contribution in [0.3, 0.4) is 0 Å². The number of rotatable bonds is 7. The minimum Gasteiger partial charge on any atom is -0.207 e. The van der Waals surface area contributed by atoms with E-state index in [1.54, 1.807) is 16.4 Å². The maximum absolute atomic E-state index is 12.7. The van der Waals surface area contributed by atoms with E-state index in [9.17, 15) is 8.42 Å². The van der Waals surface area contributed by atoms with Gasteiger partial charge in [-0.25, -0.2) is 8.42 Å². The second kappa shape index (κ2) is 7.43. The first-order valence-electron chi connectivity index (χ1n) is 7.02. The smallest absolute Gasteiger partial charge is 0.207 e. The average molecular weight is 318 g/mol. The summed E-state index contributed by atoms with van der Waals surface area (Å²) in [6.45, 7) is 8.98. The lowest BCUT2D eigenvalue weighted by Gasteiger charge is -2.23. The van der Waals surface area contributed by atoms with E-state index in [1.165, 1.54) is 0 Å². The van der Waals surface area contributed by atoms with Gasteiger partial charge in [-0.15, -0.1) is 11.6 Å². The van der Waals surface area contributed by atoms with E-state index in [4.69, 9.17) is 11.6 Å².